The predicted molar refractivity (Wildman–Crippen MR) is 111 cm³/mol. The maximum Gasteiger partial charge on any atom is 0.410 e. The molecule has 0 atom stereocenters. The van der Waals surface area contributed by atoms with E-state index in [0.717, 1.165) is 11.3 Å². The zero-order valence-electron chi connectivity index (χ0n) is 17.8. The van der Waals surface area contributed by atoms with Gasteiger partial charge in [0.25, 0.3) is 0 Å². The molecule has 1 aliphatic heterocycles. The first-order valence-corrected chi connectivity index (χ1v) is 9.54. The first-order valence-electron chi connectivity index (χ1n) is 9.54. The monoisotopic (exact) mass is 417 g/mol. The summed E-state index contributed by atoms with van der Waals surface area (Å²) in [6.45, 7) is 6.28. The van der Waals surface area contributed by atoms with Gasteiger partial charge in [0, 0.05) is 36.0 Å². The van der Waals surface area contributed by atoms with E-state index in [4.69, 9.17) is 14.2 Å². The van der Waals surface area contributed by atoms with Gasteiger partial charge in [0.2, 0.25) is 0 Å². The second-order valence-electron chi connectivity index (χ2n) is 7.83. The number of aromatic nitrogens is 2. The molecular weight excluding hydrogens is 390 g/mol. The van der Waals surface area contributed by atoms with Crippen molar-refractivity contribution in [1.29, 1.82) is 0 Å². The number of carbonyl (C=O) groups excluding carboxylic acids is 2. The number of anilines is 2. The van der Waals surface area contributed by atoms with Crippen LogP contribution in [0.4, 0.5) is 21.1 Å². The Morgan fingerprint density at radius 3 is 2.53 bits per heavy atom. The van der Waals surface area contributed by atoms with E-state index in [1.165, 1.54) is 7.11 Å². The van der Waals surface area contributed by atoms with Crippen LogP contribution in [-0.4, -0.2) is 53.6 Å². The normalized spacial score (nSPS) is 13.3. The fourth-order valence-electron chi connectivity index (χ4n) is 3.06. The number of nitrogens with one attached hydrogen (secondary N) is 3. The molecule has 0 unspecified atom stereocenters. The molecule has 2 heterocycles. The third kappa shape index (κ3) is 4.94. The van der Waals surface area contributed by atoms with Crippen LogP contribution in [0.5, 0.6) is 11.5 Å². The summed E-state index contributed by atoms with van der Waals surface area (Å²) >= 11 is 0. The van der Waals surface area contributed by atoms with Crippen LogP contribution in [0, 0.1) is 0 Å². The number of hydrogen-bond donors (Lipinski definition) is 3. The lowest BCUT2D eigenvalue weighted by Crippen LogP contribution is -2.40. The highest BCUT2D eigenvalue weighted by Gasteiger charge is 2.29. The number of fused-ring (bicyclic) bond motifs is 1. The molecule has 3 N–H and O–H groups in total. The predicted octanol–water partition coefficient (Wildman–Crippen LogP) is 3.36. The van der Waals surface area contributed by atoms with Crippen molar-refractivity contribution in [2.45, 2.75) is 39.3 Å². The van der Waals surface area contributed by atoms with Gasteiger partial charge in [0.05, 0.1) is 20.8 Å². The van der Waals surface area contributed by atoms with Crippen LogP contribution in [-0.2, 0) is 17.7 Å². The van der Waals surface area contributed by atoms with Crippen LogP contribution in [0.2, 0.25) is 0 Å². The van der Waals surface area contributed by atoms with Crippen LogP contribution in [0.1, 0.15) is 32.0 Å². The van der Waals surface area contributed by atoms with E-state index in [0.29, 0.717) is 42.5 Å². The number of methoxy groups -OCH3 is 2. The van der Waals surface area contributed by atoms with Crippen LogP contribution in [0.25, 0.3) is 0 Å². The van der Waals surface area contributed by atoms with Gasteiger partial charge < -0.3 is 24.4 Å². The molecule has 0 saturated carbocycles. The smallest absolute Gasteiger partial charge is 0.410 e. The number of nitrogens with zero attached hydrogens (tertiary/aromatic N) is 2. The Morgan fingerprint density at radius 1 is 1.13 bits per heavy atom. The Bertz CT molecular complexity index is 934. The third-order valence-corrected chi connectivity index (χ3v) is 4.46. The zero-order chi connectivity index (χ0) is 21.9. The van der Waals surface area contributed by atoms with Gasteiger partial charge in [-0.05, 0) is 32.9 Å². The molecule has 30 heavy (non-hydrogen) atoms. The van der Waals surface area contributed by atoms with E-state index in [2.05, 4.69) is 20.8 Å². The van der Waals surface area contributed by atoms with Gasteiger partial charge in [-0.2, -0.15) is 5.10 Å². The van der Waals surface area contributed by atoms with Crippen molar-refractivity contribution in [3.8, 4) is 11.5 Å². The summed E-state index contributed by atoms with van der Waals surface area (Å²) in [5, 5.41) is 12.6. The van der Waals surface area contributed by atoms with E-state index in [1.807, 2.05) is 20.8 Å². The molecule has 162 valence electrons. The highest BCUT2D eigenvalue weighted by molar-refractivity contribution is 5.99. The van der Waals surface area contributed by atoms with E-state index in [9.17, 15) is 9.59 Å². The van der Waals surface area contributed by atoms with E-state index < -0.39 is 17.7 Å². The minimum atomic E-state index is -0.575. The van der Waals surface area contributed by atoms with Crippen molar-refractivity contribution in [1.82, 2.24) is 15.1 Å². The van der Waals surface area contributed by atoms with Crippen molar-refractivity contribution in [3.05, 3.63) is 29.5 Å². The molecule has 2 aromatic rings. The van der Waals surface area contributed by atoms with Gasteiger partial charge >= 0.3 is 12.1 Å². The minimum Gasteiger partial charge on any atom is -0.493 e. The first kappa shape index (κ1) is 21.3. The average molecular weight is 417 g/mol. The number of amides is 3. The Morgan fingerprint density at radius 2 is 1.87 bits per heavy atom. The largest absolute Gasteiger partial charge is 0.493 e. The number of carbonyl (C=O) groups is 2. The number of urea groups is 1. The summed E-state index contributed by atoms with van der Waals surface area (Å²) in [6, 6.07) is 4.59. The number of ether oxygens (including phenoxy) is 3. The standard InChI is InChI=1S/C20H27N5O5/c1-20(2,3)30-19(27)25-9-8-14-13(11-25)17(24-23-14)22-18(26)21-12-6-7-15(28-4)16(10-12)29-5/h6-7,10H,8-9,11H2,1-5H3,(H3,21,22,23,24,26). The molecule has 0 spiro atoms. The van der Waals surface area contributed by atoms with Crippen LogP contribution < -0.4 is 20.1 Å². The summed E-state index contributed by atoms with van der Waals surface area (Å²) in [5.41, 5.74) is 1.60. The third-order valence-electron chi connectivity index (χ3n) is 4.46. The number of benzene rings is 1. The SMILES string of the molecule is COc1ccc(NC(=O)Nc2n[nH]c3c2CN(C(=O)OC(C)(C)C)CC3)cc1OC. The molecule has 1 aromatic carbocycles. The van der Waals surface area contributed by atoms with Gasteiger partial charge in [0.15, 0.2) is 17.3 Å². The highest BCUT2D eigenvalue weighted by atomic mass is 16.6. The van der Waals surface area contributed by atoms with E-state index in [-0.39, 0.29) is 0 Å². The number of rotatable bonds is 4. The fourth-order valence-corrected chi connectivity index (χ4v) is 3.06. The molecule has 0 radical (unpaired) electrons. The lowest BCUT2D eigenvalue weighted by atomic mass is 10.1. The quantitative estimate of drug-likeness (QED) is 0.702. The minimum absolute atomic E-state index is 0.298. The summed E-state index contributed by atoms with van der Waals surface area (Å²) in [6.07, 6.45) is 0.204. The first-order chi connectivity index (χ1) is 14.2. The average Bonchev–Trinajstić information content (AvgIpc) is 3.08. The Kier molecular flexibility index (Phi) is 6.04. The number of hydrogen-bond acceptors (Lipinski definition) is 6. The van der Waals surface area contributed by atoms with Gasteiger partial charge in [-0.1, -0.05) is 0 Å². The van der Waals surface area contributed by atoms with Crippen molar-refractivity contribution < 1.29 is 23.8 Å². The van der Waals surface area contributed by atoms with Crippen molar-refractivity contribution >= 4 is 23.6 Å². The van der Waals surface area contributed by atoms with Crippen molar-refractivity contribution in [2.75, 3.05) is 31.4 Å². The molecule has 0 bridgehead atoms. The summed E-state index contributed by atoms with van der Waals surface area (Å²) in [4.78, 5) is 26.5. The molecule has 10 heteroatoms. The topological polar surface area (TPSA) is 118 Å². The fraction of sp³-hybridized carbons (Fsp3) is 0.450. The molecule has 0 fully saturated rings. The van der Waals surface area contributed by atoms with E-state index >= 15 is 0 Å². The second-order valence-corrected chi connectivity index (χ2v) is 7.83. The molecule has 1 aliphatic rings. The Hall–Kier alpha value is -3.43. The lowest BCUT2D eigenvalue weighted by Gasteiger charge is -2.30. The van der Waals surface area contributed by atoms with Gasteiger partial charge in [-0.3, -0.25) is 10.4 Å². The molecule has 3 amide bonds. The van der Waals surface area contributed by atoms with Crippen molar-refractivity contribution in [3.63, 3.8) is 0 Å². The number of aromatic amines is 1. The maximum atomic E-state index is 12.5. The molecule has 10 nitrogen and oxygen atoms in total. The molecule has 3 rings (SSSR count). The number of H-pyrrole nitrogens is 1. The Labute approximate surface area is 174 Å². The lowest BCUT2D eigenvalue weighted by molar-refractivity contribution is 0.0224. The molecule has 0 aliphatic carbocycles. The highest BCUT2D eigenvalue weighted by Crippen LogP contribution is 2.30. The summed E-state index contributed by atoms with van der Waals surface area (Å²) in [7, 11) is 3.06. The maximum absolute atomic E-state index is 12.5. The molecule has 1 aromatic heterocycles. The summed E-state index contributed by atoms with van der Waals surface area (Å²) in [5.74, 6) is 1.43. The summed E-state index contributed by atoms with van der Waals surface area (Å²) < 4.78 is 15.9. The van der Waals surface area contributed by atoms with Crippen LogP contribution >= 0.6 is 0 Å². The molecular formula is C20H27N5O5. The van der Waals surface area contributed by atoms with Crippen LogP contribution in [0.3, 0.4) is 0 Å². The molecule has 0 saturated heterocycles. The van der Waals surface area contributed by atoms with Gasteiger partial charge in [-0.15, -0.1) is 0 Å². The van der Waals surface area contributed by atoms with Crippen LogP contribution in [0.15, 0.2) is 18.2 Å². The van der Waals surface area contributed by atoms with E-state index in [1.54, 1.807) is 30.2 Å². The zero-order valence-corrected chi connectivity index (χ0v) is 17.8. The van der Waals surface area contributed by atoms with Crippen molar-refractivity contribution in [2.24, 2.45) is 0 Å². The Balaban J connectivity index is 1.67. The van der Waals surface area contributed by atoms with Gasteiger partial charge in [0.1, 0.15) is 5.60 Å². The van der Waals surface area contributed by atoms with Gasteiger partial charge in [-0.25, -0.2) is 9.59 Å². The second kappa shape index (κ2) is 8.52.